The second-order valence-electron chi connectivity index (χ2n) is 4.22. The minimum Gasteiger partial charge on any atom is -0.506 e. The van der Waals surface area contributed by atoms with E-state index >= 15 is 0 Å². The number of carbonyl (C=O) groups excluding carboxylic acids is 1. The number of phenolic OH excluding ortho intramolecular Hbond substituents is 1. The normalized spacial score (nSPS) is 23.4. The van der Waals surface area contributed by atoms with E-state index in [-0.39, 0.29) is 17.7 Å². The van der Waals surface area contributed by atoms with Gasteiger partial charge < -0.3 is 15.2 Å². The Labute approximate surface area is 103 Å². The van der Waals surface area contributed by atoms with E-state index < -0.39 is 0 Å². The van der Waals surface area contributed by atoms with E-state index in [1.54, 1.807) is 0 Å². The van der Waals surface area contributed by atoms with Crippen LogP contribution in [-0.4, -0.2) is 17.4 Å². The lowest BCUT2D eigenvalue weighted by atomic mass is 9.86. The smallest absolute Gasteiger partial charge is 0.135 e. The van der Waals surface area contributed by atoms with Gasteiger partial charge in [0.2, 0.25) is 0 Å². The summed E-state index contributed by atoms with van der Waals surface area (Å²) in [5.74, 6) is 0.540. The first-order chi connectivity index (χ1) is 7.63. The van der Waals surface area contributed by atoms with Gasteiger partial charge in [0.15, 0.2) is 0 Å². The lowest BCUT2D eigenvalue weighted by Gasteiger charge is -2.32. The van der Waals surface area contributed by atoms with Gasteiger partial charge in [-0.2, -0.15) is 0 Å². The van der Waals surface area contributed by atoms with Crippen LogP contribution >= 0.6 is 15.9 Å². The molecule has 1 aromatic carbocycles. The quantitative estimate of drug-likeness (QED) is 0.821. The molecule has 86 valence electrons. The van der Waals surface area contributed by atoms with E-state index in [2.05, 4.69) is 28.2 Å². The van der Waals surface area contributed by atoms with Crippen LogP contribution in [0.5, 0.6) is 5.75 Å². The number of carbonyl (C=O) groups is 1. The predicted octanol–water partition coefficient (Wildman–Crippen LogP) is 2.72. The van der Waals surface area contributed by atoms with Gasteiger partial charge in [-0.05, 0) is 47.3 Å². The molecule has 1 unspecified atom stereocenters. The number of anilines is 1. The number of halogens is 1. The highest BCUT2D eigenvalue weighted by molar-refractivity contribution is 9.10. The number of phenols is 1. The van der Waals surface area contributed by atoms with Crippen LogP contribution in [0.25, 0.3) is 0 Å². The third-order valence-corrected chi connectivity index (χ3v) is 3.83. The molecule has 0 saturated heterocycles. The van der Waals surface area contributed by atoms with Crippen molar-refractivity contribution < 1.29 is 9.90 Å². The standard InChI is InChI=1S/C12H14BrNO2/c1-7-8(4-5-15)6-9-11(14-7)3-2-10(13)12(9)16/h2-3,5,7-8,14,16H,4,6H2,1H3/t7-,8?/m0/s1. The Balaban J connectivity index is 2.36. The average Bonchev–Trinajstić information content (AvgIpc) is 2.26. The van der Waals surface area contributed by atoms with Crippen molar-refractivity contribution in [3.63, 3.8) is 0 Å². The zero-order chi connectivity index (χ0) is 11.7. The number of aldehydes is 1. The molecule has 0 fully saturated rings. The summed E-state index contributed by atoms with van der Waals surface area (Å²) in [4.78, 5) is 10.6. The summed E-state index contributed by atoms with van der Waals surface area (Å²) in [6, 6.07) is 4.04. The maximum atomic E-state index is 10.6. The molecule has 3 nitrogen and oxygen atoms in total. The third-order valence-electron chi connectivity index (χ3n) is 3.19. The summed E-state index contributed by atoms with van der Waals surface area (Å²) in [6.07, 6.45) is 2.22. The van der Waals surface area contributed by atoms with Crippen LogP contribution in [0.4, 0.5) is 5.69 Å². The Morgan fingerprint density at radius 1 is 1.62 bits per heavy atom. The molecule has 1 aliphatic heterocycles. The molecule has 1 aromatic rings. The van der Waals surface area contributed by atoms with Crippen molar-refractivity contribution in [3.05, 3.63) is 22.2 Å². The van der Waals surface area contributed by atoms with E-state index in [9.17, 15) is 9.90 Å². The van der Waals surface area contributed by atoms with Gasteiger partial charge in [-0.15, -0.1) is 0 Å². The minimum absolute atomic E-state index is 0.255. The molecule has 2 N–H and O–H groups in total. The van der Waals surface area contributed by atoms with Gasteiger partial charge in [0.25, 0.3) is 0 Å². The number of hydrogen-bond acceptors (Lipinski definition) is 3. The fourth-order valence-electron chi connectivity index (χ4n) is 2.16. The molecule has 2 atom stereocenters. The Kier molecular flexibility index (Phi) is 3.19. The number of fused-ring (bicyclic) bond motifs is 1. The lowest BCUT2D eigenvalue weighted by molar-refractivity contribution is -0.108. The summed E-state index contributed by atoms with van der Waals surface area (Å²) in [5.41, 5.74) is 1.87. The second kappa shape index (κ2) is 4.45. The van der Waals surface area contributed by atoms with E-state index in [4.69, 9.17) is 0 Å². The predicted molar refractivity (Wildman–Crippen MR) is 66.8 cm³/mol. The van der Waals surface area contributed by atoms with Crippen molar-refractivity contribution in [2.45, 2.75) is 25.8 Å². The summed E-state index contributed by atoms with van der Waals surface area (Å²) < 4.78 is 0.701. The maximum Gasteiger partial charge on any atom is 0.135 e. The fourth-order valence-corrected chi connectivity index (χ4v) is 2.53. The molecule has 0 amide bonds. The molecule has 4 heteroatoms. The lowest BCUT2D eigenvalue weighted by Crippen LogP contribution is -2.32. The van der Waals surface area contributed by atoms with Crippen molar-refractivity contribution in [3.8, 4) is 5.75 Å². The van der Waals surface area contributed by atoms with Crippen molar-refractivity contribution in [1.82, 2.24) is 0 Å². The minimum atomic E-state index is 0.255. The van der Waals surface area contributed by atoms with E-state index in [0.29, 0.717) is 10.9 Å². The number of nitrogens with one attached hydrogen (secondary N) is 1. The Hall–Kier alpha value is -1.03. The molecule has 0 radical (unpaired) electrons. The fraction of sp³-hybridized carbons (Fsp3) is 0.417. The molecular formula is C12H14BrNO2. The van der Waals surface area contributed by atoms with Crippen LogP contribution in [-0.2, 0) is 11.2 Å². The van der Waals surface area contributed by atoms with Crippen molar-refractivity contribution >= 4 is 27.9 Å². The topological polar surface area (TPSA) is 49.3 Å². The molecule has 0 bridgehead atoms. The molecule has 0 saturated carbocycles. The largest absolute Gasteiger partial charge is 0.506 e. The molecule has 1 aliphatic rings. The number of aromatic hydroxyl groups is 1. The maximum absolute atomic E-state index is 10.6. The molecule has 2 rings (SSSR count). The number of benzene rings is 1. The number of rotatable bonds is 2. The van der Waals surface area contributed by atoms with Gasteiger partial charge in [0, 0.05) is 23.7 Å². The van der Waals surface area contributed by atoms with Gasteiger partial charge in [0.1, 0.15) is 12.0 Å². The summed E-state index contributed by atoms with van der Waals surface area (Å²) in [6.45, 7) is 2.07. The van der Waals surface area contributed by atoms with Gasteiger partial charge in [-0.3, -0.25) is 0 Å². The molecule has 0 spiro atoms. The first kappa shape index (κ1) is 11.5. The Bertz CT molecular complexity index is 420. The van der Waals surface area contributed by atoms with Crippen LogP contribution in [0.2, 0.25) is 0 Å². The molecule has 0 aromatic heterocycles. The molecular weight excluding hydrogens is 270 g/mol. The monoisotopic (exact) mass is 283 g/mol. The second-order valence-corrected chi connectivity index (χ2v) is 5.08. The van der Waals surface area contributed by atoms with Crippen LogP contribution in [0.3, 0.4) is 0 Å². The molecule has 0 aliphatic carbocycles. The van der Waals surface area contributed by atoms with Crippen LogP contribution in [0.15, 0.2) is 16.6 Å². The Morgan fingerprint density at radius 2 is 2.38 bits per heavy atom. The van der Waals surface area contributed by atoms with Crippen LogP contribution in [0.1, 0.15) is 18.9 Å². The Morgan fingerprint density at radius 3 is 3.06 bits per heavy atom. The highest BCUT2D eigenvalue weighted by Gasteiger charge is 2.26. The first-order valence-electron chi connectivity index (χ1n) is 5.34. The zero-order valence-electron chi connectivity index (χ0n) is 9.03. The van der Waals surface area contributed by atoms with Crippen LogP contribution in [0, 0.1) is 5.92 Å². The highest BCUT2D eigenvalue weighted by atomic mass is 79.9. The van der Waals surface area contributed by atoms with Crippen molar-refractivity contribution in [2.75, 3.05) is 5.32 Å². The zero-order valence-corrected chi connectivity index (χ0v) is 10.6. The van der Waals surface area contributed by atoms with Crippen LogP contribution < -0.4 is 5.32 Å². The van der Waals surface area contributed by atoms with E-state index in [1.165, 1.54) is 0 Å². The van der Waals surface area contributed by atoms with Gasteiger partial charge >= 0.3 is 0 Å². The summed E-state index contributed by atoms with van der Waals surface area (Å²) in [5, 5.41) is 13.3. The summed E-state index contributed by atoms with van der Waals surface area (Å²) in [7, 11) is 0. The SMILES string of the molecule is C[C@@H]1Nc2ccc(Br)c(O)c2CC1CC=O. The van der Waals surface area contributed by atoms with Gasteiger partial charge in [0.05, 0.1) is 4.47 Å². The van der Waals surface area contributed by atoms with Gasteiger partial charge in [-0.1, -0.05) is 0 Å². The van der Waals surface area contributed by atoms with Crippen molar-refractivity contribution in [2.24, 2.45) is 5.92 Å². The van der Waals surface area contributed by atoms with Gasteiger partial charge in [-0.25, -0.2) is 0 Å². The first-order valence-corrected chi connectivity index (χ1v) is 6.13. The third kappa shape index (κ3) is 1.94. The average molecular weight is 284 g/mol. The van der Waals surface area contributed by atoms with Crippen molar-refractivity contribution in [1.29, 1.82) is 0 Å². The summed E-state index contributed by atoms with van der Waals surface area (Å²) >= 11 is 3.30. The van der Waals surface area contributed by atoms with E-state index in [1.807, 2.05) is 12.1 Å². The number of hydrogen-bond donors (Lipinski definition) is 2. The molecule has 16 heavy (non-hydrogen) atoms. The van der Waals surface area contributed by atoms with E-state index in [0.717, 1.165) is 24.0 Å². The highest BCUT2D eigenvalue weighted by Crippen LogP contribution is 2.39. The molecule has 1 heterocycles.